The number of aliphatic hydroxyl groups is 1. The van der Waals surface area contributed by atoms with E-state index in [4.69, 9.17) is 0 Å². The minimum Gasteiger partial charge on any atom is -0.481 e. The Kier molecular flexibility index (Phi) is 5.09. The van der Waals surface area contributed by atoms with Gasteiger partial charge in [0.15, 0.2) is 0 Å². The number of hydrogen-bond acceptors (Lipinski definition) is 3. The first-order chi connectivity index (χ1) is 11.5. The van der Waals surface area contributed by atoms with Crippen LogP contribution in [-0.4, -0.2) is 35.0 Å². The molecule has 1 heterocycles. The smallest absolute Gasteiger partial charge is 0.416 e. The molecule has 4 nitrogen and oxygen atoms in total. The van der Waals surface area contributed by atoms with Crippen LogP contribution < -0.4 is 0 Å². The van der Waals surface area contributed by atoms with Gasteiger partial charge in [0.2, 0.25) is 0 Å². The van der Waals surface area contributed by atoms with Gasteiger partial charge in [-0.1, -0.05) is 24.3 Å². The Morgan fingerprint density at radius 3 is 2.48 bits per heavy atom. The molecule has 0 spiro atoms. The molecule has 0 bridgehead atoms. The van der Waals surface area contributed by atoms with E-state index in [0.717, 1.165) is 6.07 Å². The summed E-state index contributed by atoms with van der Waals surface area (Å²) in [5.41, 5.74) is -3.59. The van der Waals surface area contributed by atoms with Crippen molar-refractivity contribution in [3.05, 3.63) is 47.5 Å². The van der Waals surface area contributed by atoms with Gasteiger partial charge in [-0.05, 0) is 38.0 Å². The van der Waals surface area contributed by atoms with E-state index in [-0.39, 0.29) is 18.5 Å². The molecule has 0 fully saturated rings. The number of alkyl halides is 3. The topological polar surface area (TPSA) is 69.9 Å². The molecular formula is C18H20F3NO3. The summed E-state index contributed by atoms with van der Waals surface area (Å²) in [5, 5.41) is 20.2. The summed E-state index contributed by atoms with van der Waals surface area (Å²) in [4.78, 5) is 15.6. The number of carboxylic acids is 1. The summed E-state index contributed by atoms with van der Waals surface area (Å²) in [7, 11) is 0. The first-order valence-electron chi connectivity index (χ1n) is 7.75. The molecule has 25 heavy (non-hydrogen) atoms. The van der Waals surface area contributed by atoms with Crippen LogP contribution in [0.1, 0.15) is 25.0 Å². The molecule has 2 atom stereocenters. The third-order valence-electron chi connectivity index (χ3n) is 4.63. The van der Waals surface area contributed by atoms with Crippen LogP contribution in [0, 0.1) is 10.8 Å². The van der Waals surface area contributed by atoms with Gasteiger partial charge in [0.05, 0.1) is 23.6 Å². The number of hydrogen-bond donors (Lipinski definition) is 2. The molecule has 1 aromatic rings. The average Bonchev–Trinajstić information content (AvgIpc) is 2.54. The van der Waals surface area contributed by atoms with Gasteiger partial charge in [-0.25, -0.2) is 0 Å². The first-order valence-corrected chi connectivity index (χ1v) is 7.75. The van der Waals surface area contributed by atoms with Crippen LogP contribution in [0.4, 0.5) is 13.2 Å². The van der Waals surface area contributed by atoms with Crippen LogP contribution in [0.25, 0.3) is 0 Å². The quantitative estimate of drug-likeness (QED) is 0.851. The van der Waals surface area contributed by atoms with Crippen molar-refractivity contribution in [3.63, 3.8) is 0 Å². The zero-order valence-electron chi connectivity index (χ0n) is 13.9. The van der Waals surface area contributed by atoms with Crippen molar-refractivity contribution >= 4 is 12.2 Å². The number of allylic oxidation sites excluding steroid dienone is 1. The summed E-state index contributed by atoms with van der Waals surface area (Å²) in [6.45, 7) is 2.71. The highest BCUT2D eigenvalue weighted by Crippen LogP contribution is 2.42. The van der Waals surface area contributed by atoms with Gasteiger partial charge in [-0.3, -0.25) is 9.79 Å². The zero-order valence-corrected chi connectivity index (χ0v) is 13.9. The number of rotatable bonds is 5. The third kappa shape index (κ3) is 3.76. The molecule has 0 radical (unpaired) electrons. The van der Waals surface area contributed by atoms with Crippen molar-refractivity contribution in [2.45, 2.75) is 32.5 Å². The molecule has 0 saturated heterocycles. The standard InChI is InChI=1S/C18H20F3NO3/c1-16(2,15(24)25)14(23)17(8-5-9-22-11-17)10-12-6-3-4-7-13(12)18(19,20)21/h3-9,14,23H,10-11H2,1-2H3,(H,24,25). The van der Waals surface area contributed by atoms with Crippen molar-refractivity contribution in [3.8, 4) is 0 Å². The van der Waals surface area contributed by atoms with Gasteiger partial charge in [0.25, 0.3) is 0 Å². The van der Waals surface area contributed by atoms with E-state index in [1.165, 1.54) is 44.3 Å². The number of aliphatic hydroxyl groups excluding tert-OH is 1. The van der Waals surface area contributed by atoms with E-state index >= 15 is 0 Å². The Hall–Kier alpha value is -2.15. The summed E-state index contributed by atoms with van der Waals surface area (Å²) < 4.78 is 39.9. The second kappa shape index (κ2) is 6.63. The normalized spacial score (nSPS) is 22.0. The number of nitrogens with zero attached hydrogens (tertiary/aromatic N) is 1. The second-order valence-corrected chi connectivity index (χ2v) is 6.84. The largest absolute Gasteiger partial charge is 0.481 e. The van der Waals surface area contributed by atoms with Crippen LogP contribution in [0.2, 0.25) is 0 Å². The third-order valence-corrected chi connectivity index (χ3v) is 4.63. The lowest BCUT2D eigenvalue weighted by Crippen LogP contribution is -2.51. The molecule has 2 rings (SSSR count). The van der Waals surface area contributed by atoms with E-state index in [2.05, 4.69) is 4.99 Å². The molecule has 1 aliphatic rings. The predicted molar refractivity (Wildman–Crippen MR) is 87.5 cm³/mol. The highest BCUT2D eigenvalue weighted by atomic mass is 19.4. The summed E-state index contributed by atoms with van der Waals surface area (Å²) in [6.07, 6.45) is -1.56. The monoisotopic (exact) mass is 355 g/mol. The van der Waals surface area contributed by atoms with E-state index in [0.29, 0.717) is 0 Å². The van der Waals surface area contributed by atoms with Gasteiger partial charge in [-0.15, -0.1) is 0 Å². The fraction of sp³-hybridized carbons (Fsp3) is 0.444. The van der Waals surface area contributed by atoms with Gasteiger partial charge < -0.3 is 10.2 Å². The molecule has 0 aliphatic carbocycles. The Morgan fingerprint density at radius 1 is 1.32 bits per heavy atom. The van der Waals surface area contributed by atoms with Gasteiger partial charge in [0.1, 0.15) is 0 Å². The minimum absolute atomic E-state index is 0.00279. The minimum atomic E-state index is -4.54. The van der Waals surface area contributed by atoms with E-state index in [1.54, 1.807) is 6.08 Å². The summed E-state index contributed by atoms with van der Waals surface area (Å²) in [5.74, 6) is -1.23. The lowest BCUT2D eigenvalue weighted by Gasteiger charge is -2.42. The number of halogens is 3. The van der Waals surface area contributed by atoms with Crippen LogP contribution >= 0.6 is 0 Å². The summed E-state index contributed by atoms with van der Waals surface area (Å²) in [6, 6.07) is 5.11. The van der Waals surface area contributed by atoms with E-state index in [9.17, 15) is 28.2 Å². The van der Waals surface area contributed by atoms with Gasteiger partial charge in [-0.2, -0.15) is 13.2 Å². The molecule has 1 aliphatic heterocycles. The summed E-state index contributed by atoms with van der Waals surface area (Å²) >= 11 is 0. The molecule has 2 N–H and O–H groups in total. The van der Waals surface area contributed by atoms with Crippen molar-refractivity contribution in [2.24, 2.45) is 15.8 Å². The average molecular weight is 355 g/mol. The fourth-order valence-electron chi connectivity index (χ4n) is 3.10. The maximum absolute atomic E-state index is 13.3. The zero-order chi connectivity index (χ0) is 18.9. The molecule has 1 aromatic carbocycles. The lowest BCUT2D eigenvalue weighted by atomic mass is 9.66. The van der Waals surface area contributed by atoms with Crippen LogP contribution in [-0.2, 0) is 17.4 Å². The molecule has 0 saturated carbocycles. The van der Waals surface area contributed by atoms with Crippen LogP contribution in [0.5, 0.6) is 0 Å². The second-order valence-electron chi connectivity index (χ2n) is 6.84. The molecular weight excluding hydrogens is 335 g/mol. The Balaban J connectivity index is 2.50. The molecule has 0 aromatic heterocycles. The Labute approximate surface area is 143 Å². The van der Waals surface area contributed by atoms with E-state index in [1.807, 2.05) is 0 Å². The molecule has 2 unspecified atom stereocenters. The SMILES string of the molecule is CC(C)(C(=O)O)C(O)C1(Cc2ccccc2C(F)(F)F)C=CC=NC1. The van der Waals surface area contributed by atoms with Gasteiger partial charge >= 0.3 is 12.1 Å². The van der Waals surface area contributed by atoms with Crippen molar-refractivity contribution in [1.29, 1.82) is 0 Å². The maximum atomic E-state index is 13.3. The molecule has 0 amide bonds. The first kappa shape index (κ1) is 19.2. The van der Waals surface area contributed by atoms with Crippen molar-refractivity contribution < 1.29 is 28.2 Å². The number of aliphatic carboxylic acids is 1. The molecule has 136 valence electrons. The van der Waals surface area contributed by atoms with E-state index < -0.39 is 34.6 Å². The van der Waals surface area contributed by atoms with Crippen molar-refractivity contribution in [2.75, 3.05) is 6.54 Å². The highest BCUT2D eigenvalue weighted by Gasteiger charge is 2.49. The highest BCUT2D eigenvalue weighted by molar-refractivity contribution is 5.75. The predicted octanol–water partition coefficient (Wildman–Crippen LogP) is 3.35. The number of aliphatic imine (C=N–C) groups is 1. The molecule has 7 heteroatoms. The maximum Gasteiger partial charge on any atom is 0.416 e. The number of carboxylic acid groups (broad SMARTS) is 1. The number of carbonyl (C=O) groups is 1. The number of benzene rings is 1. The Morgan fingerprint density at radius 2 is 1.96 bits per heavy atom. The fourth-order valence-corrected chi connectivity index (χ4v) is 3.10. The van der Waals surface area contributed by atoms with Crippen LogP contribution in [0.15, 0.2) is 41.4 Å². The number of dihydropyridines is 1. The van der Waals surface area contributed by atoms with Crippen LogP contribution in [0.3, 0.4) is 0 Å². The Bertz CT molecular complexity index is 710. The van der Waals surface area contributed by atoms with Crippen molar-refractivity contribution in [1.82, 2.24) is 0 Å². The van der Waals surface area contributed by atoms with Gasteiger partial charge in [0, 0.05) is 11.6 Å². The lowest BCUT2D eigenvalue weighted by molar-refractivity contribution is -0.158.